The van der Waals surface area contributed by atoms with Gasteiger partial charge in [0.05, 0.1) is 31.8 Å². The van der Waals surface area contributed by atoms with Gasteiger partial charge in [0.25, 0.3) is 0 Å². The van der Waals surface area contributed by atoms with E-state index in [1.54, 1.807) is 7.11 Å². The molecule has 5 atom stereocenters. The Kier molecular flexibility index (Phi) is 6.70. The van der Waals surface area contributed by atoms with Crippen molar-refractivity contribution in [2.75, 3.05) is 13.7 Å². The second-order valence-electron chi connectivity index (χ2n) is 7.55. The van der Waals surface area contributed by atoms with Crippen molar-refractivity contribution < 1.29 is 24.1 Å². The lowest BCUT2D eigenvalue weighted by molar-refractivity contribution is -0.124. The fraction of sp³-hybridized carbons (Fsp3) is 0.650. The summed E-state index contributed by atoms with van der Waals surface area (Å²) in [6, 6.07) is 7.92. The molecule has 1 aromatic rings. The minimum absolute atomic E-state index is 0.0664. The smallest absolute Gasteiger partial charge is 0.222 e. The lowest BCUT2D eigenvalue weighted by atomic mass is 10.1. The summed E-state index contributed by atoms with van der Waals surface area (Å²) in [5.41, 5.74) is 1.01. The molecular formula is C20H30N2O5. The molecule has 0 bridgehead atoms. The molecule has 2 aliphatic heterocycles. The van der Waals surface area contributed by atoms with Gasteiger partial charge in [0.2, 0.25) is 5.91 Å². The molecule has 0 aliphatic carbocycles. The largest absolute Gasteiger partial charge is 0.497 e. The molecular weight excluding hydrogens is 348 g/mol. The zero-order chi connectivity index (χ0) is 19.4. The maximum absolute atomic E-state index is 12.2. The number of aliphatic hydroxyl groups is 1. The van der Waals surface area contributed by atoms with Gasteiger partial charge in [-0.3, -0.25) is 4.79 Å². The molecule has 3 N–H and O–H groups in total. The number of carbonyl (C=O) groups excluding carboxylic acids is 1. The highest BCUT2D eigenvalue weighted by Crippen LogP contribution is 2.35. The van der Waals surface area contributed by atoms with Crippen LogP contribution in [-0.2, 0) is 20.8 Å². The van der Waals surface area contributed by atoms with Crippen LogP contribution in [0.4, 0.5) is 0 Å². The maximum Gasteiger partial charge on any atom is 0.222 e. The highest BCUT2D eigenvalue weighted by Gasteiger charge is 2.50. The van der Waals surface area contributed by atoms with Crippen LogP contribution >= 0.6 is 0 Å². The number of ether oxygens (including phenoxy) is 3. The molecule has 0 spiro atoms. The van der Waals surface area contributed by atoms with E-state index in [9.17, 15) is 9.90 Å². The molecule has 0 radical (unpaired) electrons. The van der Waals surface area contributed by atoms with Gasteiger partial charge in [0.15, 0.2) is 0 Å². The van der Waals surface area contributed by atoms with E-state index in [2.05, 4.69) is 24.5 Å². The molecule has 1 amide bonds. The Hall–Kier alpha value is -1.67. The number of amides is 1. The van der Waals surface area contributed by atoms with E-state index in [4.69, 9.17) is 14.2 Å². The molecule has 0 unspecified atom stereocenters. The van der Waals surface area contributed by atoms with Crippen LogP contribution in [0.2, 0.25) is 0 Å². The lowest BCUT2D eigenvalue weighted by Crippen LogP contribution is -2.40. The average Bonchev–Trinajstić information content (AvgIpc) is 3.17. The summed E-state index contributed by atoms with van der Waals surface area (Å²) in [5, 5.41) is 16.6. The third-order valence-corrected chi connectivity index (χ3v) is 5.07. The fourth-order valence-corrected chi connectivity index (χ4v) is 3.58. The number of hydrogen-bond acceptors (Lipinski definition) is 6. The standard InChI is InChI=1S/C20H30N2O5/c1-12(2)21-11-17-19(24)20-16(27-17)8-15(26-20)9-18(23)22-10-13-4-6-14(25-3)7-5-13/h4-7,12,15-17,19-21,24H,8-11H2,1-3H3,(H,22,23)/t15-,16+,17+,19+,20-/m0/s1. The van der Waals surface area contributed by atoms with Crippen molar-refractivity contribution in [2.24, 2.45) is 0 Å². The molecule has 3 rings (SSSR count). The maximum atomic E-state index is 12.2. The monoisotopic (exact) mass is 378 g/mol. The second kappa shape index (κ2) is 9.01. The number of nitrogens with one attached hydrogen (secondary N) is 2. The number of hydrogen-bond donors (Lipinski definition) is 3. The zero-order valence-electron chi connectivity index (χ0n) is 16.2. The van der Waals surface area contributed by atoms with Crippen LogP contribution in [0, 0.1) is 0 Å². The first-order valence-electron chi connectivity index (χ1n) is 9.58. The van der Waals surface area contributed by atoms with Crippen molar-refractivity contribution in [3.63, 3.8) is 0 Å². The molecule has 1 aromatic carbocycles. The van der Waals surface area contributed by atoms with Crippen molar-refractivity contribution in [1.29, 1.82) is 0 Å². The predicted molar refractivity (Wildman–Crippen MR) is 101 cm³/mol. The average molecular weight is 378 g/mol. The van der Waals surface area contributed by atoms with Crippen molar-refractivity contribution in [3.05, 3.63) is 29.8 Å². The Morgan fingerprint density at radius 3 is 2.67 bits per heavy atom. The van der Waals surface area contributed by atoms with E-state index in [0.29, 0.717) is 25.6 Å². The first kappa shape index (κ1) is 20.1. The van der Waals surface area contributed by atoms with E-state index < -0.39 is 6.10 Å². The van der Waals surface area contributed by atoms with Crippen LogP contribution in [0.25, 0.3) is 0 Å². The Balaban J connectivity index is 1.40. The van der Waals surface area contributed by atoms with Gasteiger partial charge >= 0.3 is 0 Å². The third kappa shape index (κ3) is 5.19. The fourth-order valence-electron chi connectivity index (χ4n) is 3.58. The summed E-state index contributed by atoms with van der Waals surface area (Å²) in [7, 11) is 1.62. The summed E-state index contributed by atoms with van der Waals surface area (Å²) in [5.74, 6) is 0.722. The van der Waals surface area contributed by atoms with Crippen LogP contribution in [-0.4, -0.2) is 61.2 Å². The first-order valence-corrected chi connectivity index (χ1v) is 9.58. The Morgan fingerprint density at radius 1 is 1.30 bits per heavy atom. The third-order valence-electron chi connectivity index (χ3n) is 5.07. The SMILES string of the molecule is COc1ccc(CNC(=O)C[C@@H]2C[C@H]3O[C@H](CNC(C)C)[C@@H](O)[C@H]3O2)cc1. The van der Waals surface area contributed by atoms with Gasteiger partial charge in [0.1, 0.15) is 18.0 Å². The lowest BCUT2D eigenvalue weighted by Gasteiger charge is -2.21. The van der Waals surface area contributed by atoms with Gasteiger partial charge in [0, 0.05) is 25.6 Å². The van der Waals surface area contributed by atoms with E-state index in [0.717, 1.165) is 11.3 Å². The minimum Gasteiger partial charge on any atom is -0.497 e. The highest BCUT2D eigenvalue weighted by molar-refractivity contribution is 5.76. The Labute approximate surface area is 160 Å². The molecule has 7 heteroatoms. The number of methoxy groups -OCH3 is 1. The quantitative estimate of drug-likeness (QED) is 0.625. The van der Waals surface area contributed by atoms with Crippen molar-refractivity contribution in [2.45, 2.75) is 69.8 Å². The van der Waals surface area contributed by atoms with Gasteiger partial charge in [-0.1, -0.05) is 26.0 Å². The molecule has 2 heterocycles. The van der Waals surface area contributed by atoms with Crippen molar-refractivity contribution in [1.82, 2.24) is 10.6 Å². The van der Waals surface area contributed by atoms with Gasteiger partial charge in [-0.05, 0) is 17.7 Å². The highest BCUT2D eigenvalue weighted by atomic mass is 16.6. The van der Waals surface area contributed by atoms with E-state index in [1.165, 1.54) is 0 Å². The number of rotatable bonds is 8. The van der Waals surface area contributed by atoms with Gasteiger partial charge < -0.3 is 30.0 Å². The number of carbonyl (C=O) groups is 1. The van der Waals surface area contributed by atoms with Gasteiger partial charge in [-0.15, -0.1) is 0 Å². The van der Waals surface area contributed by atoms with Crippen molar-refractivity contribution in [3.8, 4) is 5.75 Å². The summed E-state index contributed by atoms with van der Waals surface area (Å²) in [6.45, 7) is 5.17. The first-order chi connectivity index (χ1) is 13.0. The summed E-state index contributed by atoms with van der Waals surface area (Å²) in [4.78, 5) is 12.2. The normalized spacial score (nSPS) is 29.7. The molecule has 0 saturated carbocycles. The Bertz CT molecular complexity index is 621. The number of fused-ring (bicyclic) bond motifs is 1. The topological polar surface area (TPSA) is 89.1 Å². The van der Waals surface area contributed by atoms with Crippen LogP contribution in [0.15, 0.2) is 24.3 Å². The molecule has 150 valence electrons. The van der Waals surface area contributed by atoms with Gasteiger partial charge in [-0.2, -0.15) is 0 Å². The van der Waals surface area contributed by atoms with E-state index in [1.807, 2.05) is 24.3 Å². The summed E-state index contributed by atoms with van der Waals surface area (Å²) < 4.78 is 17.0. The molecule has 7 nitrogen and oxygen atoms in total. The molecule has 27 heavy (non-hydrogen) atoms. The van der Waals surface area contributed by atoms with Crippen LogP contribution in [0.1, 0.15) is 32.3 Å². The summed E-state index contributed by atoms with van der Waals surface area (Å²) in [6.07, 6.45) is -0.712. The van der Waals surface area contributed by atoms with Crippen LogP contribution in [0.5, 0.6) is 5.75 Å². The van der Waals surface area contributed by atoms with Crippen molar-refractivity contribution >= 4 is 5.91 Å². The van der Waals surface area contributed by atoms with Crippen LogP contribution in [0.3, 0.4) is 0 Å². The second-order valence-corrected chi connectivity index (χ2v) is 7.55. The molecule has 2 saturated heterocycles. The molecule has 0 aromatic heterocycles. The van der Waals surface area contributed by atoms with Gasteiger partial charge in [-0.25, -0.2) is 0 Å². The van der Waals surface area contributed by atoms with E-state index in [-0.39, 0.29) is 36.7 Å². The molecule has 2 aliphatic rings. The molecule has 2 fully saturated rings. The predicted octanol–water partition coefficient (Wildman–Crippen LogP) is 0.985. The Morgan fingerprint density at radius 2 is 2.04 bits per heavy atom. The zero-order valence-corrected chi connectivity index (χ0v) is 16.2. The van der Waals surface area contributed by atoms with E-state index >= 15 is 0 Å². The van der Waals surface area contributed by atoms with Crippen LogP contribution < -0.4 is 15.4 Å². The number of aliphatic hydroxyl groups excluding tert-OH is 1. The summed E-state index contributed by atoms with van der Waals surface area (Å²) >= 11 is 0. The minimum atomic E-state index is -0.659. The number of benzene rings is 1.